The van der Waals surface area contributed by atoms with E-state index in [0.29, 0.717) is 5.56 Å². The molecule has 6 nitrogen and oxygen atoms in total. The van der Waals surface area contributed by atoms with Crippen molar-refractivity contribution >= 4 is 11.4 Å². The van der Waals surface area contributed by atoms with Gasteiger partial charge in [-0.15, -0.1) is 0 Å². The van der Waals surface area contributed by atoms with Crippen molar-refractivity contribution in [2.24, 2.45) is 0 Å². The van der Waals surface area contributed by atoms with E-state index >= 15 is 0 Å². The normalized spacial score (nSPS) is 14.4. The van der Waals surface area contributed by atoms with Gasteiger partial charge in [0.2, 0.25) is 0 Å². The molecule has 3 aromatic heterocycles. The lowest BCUT2D eigenvalue weighted by atomic mass is 10.0. The number of hydrogen-bond donors (Lipinski definition) is 0. The first-order valence-corrected chi connectivity index (χ1v) is 10.4. The number of hydrogen-bond acceptors (Lipinski definition) is 4. The molecule has 1 amide bonds. The monoisotopic (exact) mass is 400 g/mol. The topological polar surface area (TPSA) is 63.6 Å². The summed E-state index contributed by atoms with van der Waals surface area (Å²) >= 11 is 0. The average molecular weight is 400 g/mol. The molecule has 1 aliphatic rings. The fraction of sp³-hybridized carbons (Fsp3) is 0.292. The summed E-state index contributed by atoms with van der Waals surface area (Å²) in [6.45, 7) is 5.54. The smallest absolute Gasteiger partial charge is 0.257 e. The number of carbonyl (C=O) groups excluding carboxylic acids is 1. The number of benzene rings is 1. The highest BCUT2D eigenvalue weighted by atomic mass is 16.5. The first kappa shape index (κ1) is 18.6. The van der Waals surface area contributed by atoms with Gasteiger partial charge >= 0.3 is 0 Å². The van der Waals surface area contributed by atoms with Gasteiger partial charge < -0.3 is 9.42 Å². The van der Waals surface area contributed by atoms with Crippen molar-refractivity contribution in [3.8, 4) is 22.4 Å². The van der Waals surface area contributed by atoms with Crippen molar-refractivity contribution in [2.45, 2.75) is 33.1 Å². The molecule has 0 N–H and O–H groups in total. The number of nitrogens with zero attached hydrogens (tertiary/aromatic N) is 4. The van der Waals surface area contributed by atoms with E-state index in [2.05, 4.69) is 34.5 Å². The molecule has 1 saturated heterocycles. The van der Waals surface area contributed by atoms with Gasteiger partial charge in [-0.2, -0.15) is 5.10 Å². The number of fused-ring (bicyclic) bond motifs is 1. The highest BCUT2D eigenvalue weighted by Crippen LogP contribution is 2.30. The van der Waals surface area contributed by atoms with Crippen molar-refractivity contribution in [1.29, 1.82) is 0 Å². The molecule has 0 aliphatic carbocycles. The maximum absolute atomic E-state index is 13.0. The van der Waals surface area contributed by atoms with E-state index in [4.69, 9.17) is 4.52 Å². The van der Waals surface area contributed by atoms with E-state index in [1.54, 1.807) is 6.20 Å². The van der Waals surface area contributed by atoms with Gasteiger partial charge in [0.15, 0.2) is 0 Å². The van der Waals surface area contributed by atoms with Crippen LogP contribution in [0.4, 0.5) is 0 Å². The van der Waals surface area contributed by atoms with Gasteiger partial charge in [-0.05, 0) is 50.8 Å². The summed E-state index contributed by atoms with van der Waals surface area (Å²) in [5.41, 5.74) is 6.50. The molecule has 0 spiro atoms. The van der Waals surface area contributed by atoms with Gasteiger partial charge in [-0.3, -0.25) is 4.79 Å². The molecule has 0 radical (unpaired) electrons. The Morgan fingerprint density at radius 2 is 1.70 bits per heavy atom. The zero-order valence-corrected chi connectivity index (χ0v) is 17.3. The SMILES string of the molecule is Cc1noc(C)c1-c1ccc(-c2cccc3c(C(=O)N4CCCCC4)cnn23)cc1. The van der Waals surface area contributed by atoms with Crippen LogP contribution in [0.25, 0.3) is 27.9 Å². The number of amides is 1. The number of rotatable bonds is 3. The Labute approximate surface area is 175 Å². The van der Waals surface area contributed by atoms with E-state index < -0.39 is 0 Å². The van der Waals surface area contributed by atoms with Crippen molar-refractivity contribution in [1.82, 2.24) is 19.7 Å². The summed E-state index contributed by atoms with van der Waals surface area (Å²) in [6, 6.07) is 14.3. The molecule has 0 bridgehead atoms. The number of aromatic nitrogens is 3. The van der Waals surface area contributed by atoms with Crippen molar-refractivity contribution in [3.05, 3.63) is 65.7 Å². The lowest BCUT2D eigenvalue weighted by Gasteiger charge is -2.26. The van der Waals surface area contributed by atoms with Gasteiger partial charge in [0, 0.05) is 24.2 Å². The summed E-state index contributed by atoms with van der Waals surface area (Å²) < 4.78 is 7.16. The van der Waals surface area contributed by atoms with Gasteiger partial charge in [0.25, 0.3) is 5.91 Å². The molecule has 0 atom stereocenters. The Morgan fingerprint density at radius 3 is 2.40 bits per heavy atom. The molecule has 0 unspecified atom stereocenters. The molecule has 1 aromatic carbocycles. The third kappa shape index (κ3) is 3.09. The third-order valence-electron chi connectivity index (χ3n) is 5.92. The Kier molecular flexibility index (Phi) is 4.62. The average Bonchev–Trinajstić information content (AvgIpc) is 3.37. The second kappa shape index (κ2) is 7.44. The zero-order valence-electron chi connectivity index (χ0n) is 17.3. The van der Waals surface area contributed by atoms with Crippen molar-refractivity contribution < 1.29 is 9.32 Å². The molecule has 5 rings (SSSR count). The lowest BCUT2D eigenvalue weighted by Crippen LogP contribution is -2.35. The standard InChI is InChI=1S/C24H24N4O2/c1-16-23(17(2)30-26-16)19-11-9-18(10-12-19)21-7-6-8-22-20(15-25-28(21)22)24(29)27-13-4-3-5-14-27/h6-12,15H,3-5,13-14H2,1-2H3. The van der Waals surface area contributed by atoms with Crippen LogP contribution in [0.2, 0.25) is 0 Å². The molecule has 4 heterocycles. The largest absolute Gasteiger partial charge is 0.361 e. The number of carbonyl (C=O) groups is 1. The Morgan fingerprint density at radius 1 is 0.967 bits per heavy atom. The lowest BCUT2D eigenvalue weighted by molar-refractivity contribution is 0.0726. The fourth-order valence-electron chi connectivity index (χ4n) is 4.36. The first-order valence-electron chi connectivity index (χ1n) is 10.4. The summed E-state index contributed by atoms with van der Waals surface area (Å²) in [5, 5.41) is 8.60. The van der Waals surface area contributed by atoms with Gasteiger partial charge in [0.05, 0.1) is 28.7 Å². The zero-order chi connectivity index (χ0) is 20.7. The Balaban J connectivity index is 1.51. The summed E-state index contributed by atoms with van der Waals surface area (Å²) in [5.74, 6) is 0.894. The third-order valence-corrected chi connectivity index (χ3v) is 5.92. The molecule has 1 aliphatic heterocycles. The second-order valence-corrected chi connectivity index (χ2v) is 7.90. The first-order chi connectivity index (χ1) is 14.6. The van der Waals surface area contributed by atoms with Crippen LogP contribution in [-0.4, -0.2) is 38.7 Å². The number of aryl methyl sites for hydroxylation is 2. The number of pyridine rings is 1. The minimum absolute atomic E-state index is 0.0793. The van der Waals surface area contributed by atoms with E-state index in [1.807, 2.05) is 41.5 Å². The fourth-order valence-corrected chi connectivity index (χ4v) is 4.36. The minimum Gasteiger partial charge on any atom is -0.361 e. The van der Waals surface area contributed by atoms with E-state index in [9.17, 15) is 4.79 Å². The predicted molar refractivity (Wildman–Crippen MR) is 115 cm³/mol. The molecule has 4 aromatic rings. The summed E-state index contributed by atoms with van der Waals surface area (Å²) in [4.78, 5) is 15.0. The van der Waals surface area contributed by atoms with Crippen LogP contribution >= 0.6 is 0 Å². The van der Waals surface area contributed by atoms with Crippen LogP contribution in [-0.2, 0) is 0 Å². The second-order valence-electron chi connectivity index (χ2n) is 7.90. The van der Waals surface area contributed by atoms with Gasteiger partial charge in [-0.25, -0.2) is 4.52 Å². The number of piperidine rings is 1. The minimum atomic E-state index is 0.0793. The maximum Gasteiger partial charge on any atom is 0.257 e. The van der Waals surface area contributed by atoms with Crippen LogP contribution in [0, 0.1) is 13.8 Å². The molecule has 152 valence electrons. The Bertz CT molecular complexity index is 1190. The molecule has 0 saturated carbocycles. The van der Waals surface area contributed by atoms with Crippen LogP contribution < -0.4 is 0 Å². The quantitative estimate of drug-likeness (QED) is 0.491. The molecular weight excluding hydrogens is 376 g/mol. The van der Waals surface area contributed by atoms with Gasteiger partial charge in [-0.1, -0.05) is 35.5 Å². The maximum atomic E-state index is 13.0. The van der Waals surface area contributed by atoms with E-state index in [-0.39, 0.29) is 5.91 Å². The highest BCUT2D eigenvalue weighted by molar-refractivity contribution is 6.01. The highest BCUT2D eigenvalue weighted by Gasteiger charge is 2.22. The van der Waals surface area contributed by atoms with E-state index in [0.717, 1.165) is 65.3 Å². The van der Waals surface area contributed by atoms with Crippen LogP contribution in [0.15, 0.2) is 53.2 Å². The molecule has 6 heteroatoms. The van der Waals surface area contributed by atoms with Crippen LogP contribution in [0.3, 0.4) is 0 Å². The van der Waals surface area contributed by atoms with Crippen molar-refractivity contribution in [3.63, 3.8) is 0 Å². The molecule has 1 fully saturated rings. The van der Waals surface area contributed by atoms with Crippen LogP contribution in [0.5, 0.6) is 0 Å². The summed E-state index contributed by atoms with van der Waals surface area (Å²) in [7, 11) is 0. The predicted octanol–water partition coefficient (Wildman–Crippen LogP) is 4.90. The molecular formula is C24H24N4O2. The molecule has 30 heavy (non-hydrogen) atoms. The van der Waals surface area contributed by atoms with Gasteiger partial charge in [0.1, 0.15) is 5.76 Å². The Hall–Kier alpha value is -3.41. The van der Waals surface area contributed by atoms with E-state index in [1.165, 1.54) is 6.42 Å². The number of likely N-dealkylation sites (tertiary alicyclic amines) is 1. The summed E-state index contributed by atoms with van der Waals surface area (Å²) in [6.07, 6.45) is 5.06. The van der Waals surface area contributed by atoms with Crippen LogP contribution in [0.1, 0.15) is 41.1 Å². The van der Waals surface area contributed by atoms with Crippen molar-refractivity contribution in [2.75, 3.05) is 13.1 Å².